The maximum Gasteiger partial charge on any atom is 0.130 e. The second kappa shape index (κ2) is 6.60. The van der Waals surface area contributed by atoms with Gasteiger partial charge in [0.1, 0.15) is 5.67 Å². The lowest BCUT2D eigenvalue weighted by molar-refractivity contribution is 0.274. The topological polar surface area (TPSA) is 0 Å². The summed E-state index contributed by atoms with van der Waals surface area (Å²) in [4.78, 5) is 0. The molecule has 0 aromatic heterocycles. The first-order valence-electron chi connectivity index (χ1n) is 5.64. The number of allylic oxidation sites excluding steroid dienone is 6. The van der Waals surface area contributed by atoms with Gasteiger partial charge in [-0.2, -0.15) is 0 Å². The van der Waals surface area contributed by atoms with Crippen molar-refractivity contribution in [2.75, 3.05) is 0 Å². The molecule has 0 spiro atoms. The highest BCUT2D eigenvalue weighted by Crippen LogP contribution is 2.24. The minimum Gasteiger partial charge on any atom is -0.239 e. The van der Waals surface area contributed by atoms with E-state index in [9.17, 15) is 4.39 Å². The van der Waals surface area contributed by atoms with Gasteiger partial charge in [0.2, 0.25) is 0 Å². The lowest BCUT2D eigenvalue weighted by Gasteiger charge is -2.16. The molecule has 0 bridgehead atoms. The van der Waals surface area contributed by atoms with Crippen molar-refractivity contribution in [1.29, 1.82) is 0 Å². The number of halogens is 1. The Bertz CT molecular complexity index is 262. The summed E-state index contributed by atoms with van der Waals surface area (Å²) in [7, 11) is 0. The largest absolute Gasteiger partial charge is 0.239 e. The molecule has 0 radical (unpaired) electrons. The Labute approximate surface area is 93.6 Å². The zero-order valence-corrected chi connectivity index (χ0v) is 10.6. The molecule has 0 saturated carbocycles. The summed E-state index contributed by atoms with van der Waals surface area (Å²) < 4.78 is 13.8. The molecule has 0 fully saturated rings. The number of rotatable bonds is 5. The van der Waals surface area contributed by atoms with Crippen molar-refractivity contribution in [2.45, 2.75) is 53.1 Å². The van der Waals surface area contributed by atoms with Gasteiger partial charge in [-0.3, -0.25) is 0 Å². The third kappa shape index (κ3) is 5.56. The third-order valence-electron chi connectivity index (χ3n) is 2.28. The van der Waals surface area contributed by atoms with E-state index in [1.807, 2.05) is 32.1 Å². The molecule has 1 heteroatoms. The van der Waals surface area contributed by atoms with Crippen molar-refractivity contribution in [2.24, 2.45) is 0 Å². The number of hydrogen-bond acceptors (Lipinski definition) is 0. The van der Waals surface area contributed by atoms with Crippen molar-refractivity contribution in [3.05, 3.63) is 35.5 Å². The first kappa shape index (κ1) is 14.2. The number of alkyl halides is 1. The van der Waals surface area contributed by atoms with E-state index in [-0.39, 0.29) is 0 Å². The minimum absolute atomic E-state index is 0.742. The van der Waals surface area contributed by atoms with Crippen molar-refractivity contribution < 1.29 is 4.39 Å². The van der Waals surface area contributed by atoms with Crippen LogP contribution in [0.4, 0.5) is 4.39 Å². The molecule has 0 atom stereocenters. The van der Waals surface area contributed by atoms with E-state index < -0.39 is 5.67 Å². The fraction of sp³-hybridized carbons (Fsp3) is 0.571. The van der Waals surface area contributed by atoms with Crippen LogP contribution >= 0.6 is 0 Å². The fourth-order valence-electron chi connectivity index (χ4n) is 1.39. The summed E-state index contributed by atoms with van der Waals surface area (Å²) in [5, 5.41) is 0. The molecule has 0 rings (SSSR count). The molecule has 0 aromatic carbocycles. The van der Waals surface area contributed by atoms with Gasteiger partial charge in [0, 0.05) is 0 Å². The maximum absolute atomic E-state index is 13.8. The summed E-state index contributed by atoms with van der Waals surface area (Å²) in [6.45, 7) is 9.23. The van der Waals surface area contributed by atoms with Gasteiger partial charge in [-0.25, -0.2) is 4.39 Å². The van der Waals surface area contributed by atoms with Gasteiger partial charge < -0.3 is 0 Å². The highest BCUT2D eigenvalue weighted by Gasteiger charge is 2.19. The Morgan fingerprint density at radius 2 is 1.87 bits per heavy atom. The zero-order chi connectivity index (χ0) is 11.9. The summed E-state index contributed by atoms with van der Waals surface area (Å²) in [6, 6.07) is 0. The van der Waals surface area contributed by atoms with Crippen LogP contribution in [0.1, 0.15) is 47.5 Å². The van der Waals surface area contributed by atoms with Crippen LogP contribution in [0.15, 0.2) is 35.5 Å². The molecule has 0 amide bonds. The molecule has 0 aliphatic heterocycles. The second-order valence-electron chi connectivity index (χ2n) is 4.19. The van der Waals surface area contributed by atoms with Gasteiger partial charge in [0.15, 0.2) is 0 Å². The molecule has 0 heterocycles. The van der Waals surface area contributed by atoms with E-state index in [1.165, 1.54) is 5.57 Å². The van der Waals surface area contributed by atoms with E-state index in [1.54, 1.807) is 13.8 Å². The van der Waals surface area contributed by atoms with Crippen molar-refractivity contribution in [3.8, 4) is 0 Å². The highest BCUT2D eigenvalue weighted by molar-refractivity contribution is 5.35. The summed E-state index contributed by atoms with van der Waals surface area (Å²) in [6.07, 6.45) is 9.84. The molecule has 0 unspecified atom stereocenters. The molecule has 15 heavy (non-hydrogen) atoms. The second-order valence-corrected chi connectivity index (χ2v) is 4.19. The molecule has 86 valence electrons. The summed E-state index contributed by atoms with van der Waals surface area (Å²) in [5.41, 5.74) is 0.678. The molecular weight excluding hydrogens is 187 g/mol. The minimum atomic E-state index is -1.27. The van der Waals surface area contributed by atoms with Crippen LogP contribution in [0.5, 0.6) is 0 Å². The Morgan fingerprint density at radius 1 is 1.27 bits per heavy atom. The predicted molar refractivity (Wildman–Crippen MR) is 66.7 cm³/mol. The van der Waals surface area contributed by atoms with E-state index in [4.69, 9.17) is 0 Å². The van der Waals surface area contributed by atoms with Crippen LogP contribution in [0.2, 0.25) is 0 Å². The van der Waals surface area contributed by atoms with E-state index in [2.05, 4.69) is 13.0 Å². The van der Waals surface area contributed by atoms with Crippen LogP contribution in [0.3, 0.4) is 0 Å². The molecular formula is C14H23F. The van der Waals surface area contributed by atoms with Crippen LogP contribution in [0, 0.1) is 0 Å². The SMILES string of the molecule is C\C=C/C(=C\C(=C\C)CCC)C(C)(C)F. The van der Waals surface area contributed by atoms with Gasteiger partial charge in [0.25, 0.3) is 0 Å². The smallest absolute Gasteiger partial charge is 0.130 e. The van der Waals surface area contributed by atoms with Gasteiger partial charge in [-0.15, -0.1) is 0 Å². The first-order chi connectivity index (χ1) is 6.95. The lowest BCUT2D eigenvalue weighted by Crippen LogP contribution is -2.14. The number of hydrogen-bond donors (Lipinski definition) is 0. The zero-order valence-electron chi connectivity index (χ0n) is 10.6. The molecule has 0 aromatic rings. The average molecular weight is 210 g/mol. The fourth-order valence-corrected chi connectivity index (χ4v) is 1.39. The van der Waals surface area contributed by atoms with Crippen LogP contribution in [-0.4, -0.2) is 5.67 Å². The van der Waals surface area contributed by atoms with Crippen molar-refractivity contribution in [3.63, 3.8) is 0 Å². The van der Waals surface area contributed by atoms with Gasteiger partial charge in [-0.1, -0.05) is 43.2 Å². The van der Waals surface area contributed by atoms with Crippen molar-refractivity contribution in [1.82, 2.24) is 0 Å². The molecule has 0 nitrogen and oxygen atoms in total. The lowest BCUT2D eigenvalue weighted by atomic mass is 9.95. The van der Waals surface area contributed by atoms with Gasteiger partial charge >= 0.3 is 0 Å². The van der Waals surface area contributed by atoms with Crippen LogP contribution in [0.25, 0.3) is 0 Å². The normalized spacial score (nSPS) is 15.1. The Balaban J connectivity index is 4.98. The highest BCUT2D eigenvalue weighted by atomic mass is 19.1. The average Bonchev–Trinajstić information content (AvgIpc) is 2.14. The Hall–Kier alpha value is -0.850. The molecule has 0 saturated heterocycles. The molecule has 0 aliphatic rings. The maximum atomic E-state index is 13.8. The van der Waals surface area contributed by atoms with Crippen LogP contribution in [-0.2, 0) is 0 Å². The summed E-state index contributed by atoms with van der Waals surface area (Å²) in [5.74, 6) is 0. The van der Waals surface area contributed by atoms with Gasteiger partial charge in [-0.05, 0) is 39.7 Å². The predicted octanol–water partition coefficient (Wildman–Crippen LogP) is 4.98. The summed E-state index contributed by atoms with van der Waals surface area (Å²) >= 11 is 0. The van der Waals surface area contributed by atoms with Gasteiger partial charge in [0.05, 0.1) is 0 Å². The Kier molecular flexibility index (Phi) is 6.23. The first-order valence-corrected chi connectivity index (χ1v) is 5.64. The van der Waals surface area contributed by atoms with Crippen molar-refractivity contribution >= 4 is 0 Å². The third-order valence-corrected chi connectivity index (χ3v) is 2.28. The quantitative estimate of drug-likeness (QED) is 0.561. The molecule has 0 aliphatic carbocycles. The Morgan fingerprint density at radius 3 is 2.20 bits per heavy atom. The molecule has 0 N–H and O–H groups in total. The van der Waals surface area contributed by atoms with E-state index in [0.29, 0.717) is 0 Å². The van der Waals surface area contributed by atoms with E-state index in [0.717, 1.165) is 18.4 Å². The standard InChI is InChI=1S/C14H23F/c1-6-9-12(8-3)11-13(10-7-2)14(4,5)15/h7-8,10-11H,6,9H2,1-5H3/b10-7-,12-8+,13-11+. The monoisotopic (exact) mass is 210 g/mol. The van der Waals surface area contributed by atoms with Crippen LogP contribution < -0.4 is 0 Å². The van der Waals surface area contributed by atoms with E-state index >= 15 is 0 Å².